The minimum Gasteiger partial charge on any atom is -0.385 e. The second-order valence-corrected chi connectivity index (χ2v) is 8.98. The number of benzene rings is 1. The summed E-state index contributed by atoms with van der Waals surface area (Å²) in [7, 11) is -3.03. The van der Waals surface area contributed by atoms with Crippen molar-refractivity contribution in [3.63, 3.8) is 0 Å². The van der Waals surface area contributed by atoms with E-state index in [1.807, 2.05) is 24.3 Å². The molecule has 0 radical (unpaired) electrons. The van der Waals surface area contributed by atoms with Gasteiger partial charge >= 0.3 is 0 Å². The van der Waals surface area contributed by atoms with E-state index in [1.165, 1.54) is 0 Å². The summed E-state index contributed by atoms with van der Waals surface area (Å²) in [6.45, 7) is 0.687. The van der Waals surface area contributed by atoms with E-state index in [0.717, 1.165) is 17.7 Å². The Kier molecular flexibility index (Phi) is 5.78. The van der Waals surface area contributed by atoms with Crippen molar-refractivity contribution in [2.45, 2.75) is 18.9 Å². The van der Waals surface area contributed by atoms with Crippen molar-refractivity contribution in [1.29, 1.82) is 0 Å². The van der Waals surface area contributed by atoms with E-state index in [0.29, 0.717) is 18.0 Å². The normalized spacial score (nSPS) is 18.4. The molecular weight excluding hydrogens is 374 g/mol. The van der Waals surface area contributed by atoms with Crippen LogP contribution in [0.5, 0.6) is 0 Å². The molecule has 8 heteroatoms. The third kappa shape index (κ3) is 5.19. The number of halogens is 1. The molecule has 6 nitrogen and oxygen atoms in total. The Balaban J connectivity index is 1.55. The second kappa shape index (κ2) is 8.05. The van der Waals surface area contributed by atoms with Gasteiger partial charge in [0.05, 0.1) is 11.5 Å². The number of sulfone groups is 1. The minimum atomic E-state index is -3.03. The number of carbonyl (C=O) groups excluding carboxylic acids is 1. The highest BCUT2D eigenvalue weighted by atomic mass is 35.5. The Hall–Kier alpha value is -2.12. The molecule has 2 N–H and O–H groups in total. The lowest BCUT2D eigenvalue weighted by Crippen LogP contribution is -2.36. The molecule has 1 amide bonds. The maximum absolute atomic E-state index is 12.3. The highest BCUT2D eigenvalue weighted by molar-refractivity contribution is 7.91. The van der Waals surface area contributed by atoms with Gasteiger partial charge in [0, 0.05) is 29.5 Å². The van der Waals surface area contributed by atoms with Gasteiger partial charge in [-0.1, -0.05) is 23.7 Å². The Bertz CT molecular complexity index is 902. The first kappa shape index (κ1) is 18.7. The van der Waals surface area contributed by atoms with Crippen LogP contribution in [-0.2, 0) is 16.3 Å². The van der Waals surface area contributed by atoms with Crippen molar-refractivity contribution >= 4 is 33.0 Å². The lowest BCUT2D eigenvalue weighted by atomic mass is 10.1. The average Bonchev–Trinajstić information content (AvgIpc) is 2.94. The van der Waals surface area contributed by atoms with Crippen molar-refractivity contribution in [2.75, 3.05) is 23.4 Å². The third-order valence-electron chi connectivity index (χ3n) is 4.19. The van der Waals surface area contributed by atoms with E-state index in [1.54, 1.807) is 18.3 Å². The number of anilines is 1. The number of nitrogens with one attached hydrogen (secondary N) is 2. The van der Waals surface area contributed by atoms with Gasteiger partial charge in [0.1, 0.15) is 5.69 Å². The first-order chi connectivity index (χ1) is 12.4. The van der Waals surface area contributed by atoms with Gasteiger partial charge in [-0.2, -0.15) is 0 Å². The van der Waals surface area contributed by atoms with Gasteiger partial charge in [-0.3, -0.25) is 9.78 Å². The molecule has 1 unspecified atom stereocenters. The zero-order chi connectivity index (χ0) is 18.6. The maximum atomic E-state index is 12.3. The van der Waals surface area contributed by atoms with E-state index in [-0.39, 0.29) is 29.1 Å². The first-order valence-electron chi connectivity index (χ1n) is 8.37. The van der Waals surface area contributed by atoms with Crippen LogP contribution < -0.4 is 10.6 Å². The summed E-state index contributed by atoms with van der Waals surface area (Å²) in [4.78, 5) is 16.4. The molecule has 1 atom stereocenters. The van der Waals surface area contributed by atoms with Gasteiger partial charge in [0.2, 0.25) is 0 Å². The van der Waals surface area contributed by atoms with Crippen LogP contribution in [0.15, 0.2) is 42.6 Å². The van der Waals surface area contributed by atoms with Gasteiger partial charge in [-0.15, -0.1) is 0 Å². The molecule has 2 aromatic rings. The molecule has 26 heavy (non-hydrogen) atoms. The molecule has 1 aromatic heterocycles. The highest BCUT2D eigenvalue weighted by Crippen LogP contribution is 2.14. The molecule has 1 aliphatic rings. The second-order valence-electron chi connectivity index (χ2n) is 6.31. The molecule has 0 saturated carbocycles. The van der Waals surface area contributed by atoms with E-state index in [9.17, 15) is 13.2 Å². The zero-order valence-corrected chi connectivity index (χ0v) is 15.7. The highest BCUT2D eigenvalue weighted by Gasteiger charge is 2.29. The van der Waals surface area contributed by atoms with Crippen molar-refractivity contribution in [1.82, 2.24) is 10.3 Å². The molecule has 1 aliphatic heterocycles. The summed E-state index contributed by atoms with van der Waals surface area (Å²) in [6.07, 6.45) is 2.80. The van der Waals surface area contributed by atoms with Gasteiger partial charge in [0.15, 0.2) is 9.84 Å². The molecule has 0 bridgehead atoms. The van der Waals surface area contributed by atoms with Crippen LogP contribution in [0.3, 0.4) is 0 Å². The van der Waals surface area contributed by atoms with E-state index < -0.39 is 9.84 Å². The summed E-state index contributed by atoms with van der Waals surface area (Å²) in [5, 5.41) is 6.71. The Labute approximate surface area is 157 Å². The fraction of sp³-hybridized carbons (Fsp3) is 0.333. The van der Waals surface area contributed by atoms with Crippen molar-refractivity contribution in [3.8, 4) is 0 Å². The molecule has 0 spiro atoms. The molecule has 138 valence electrons. The number of carbonyl (C=O) groups is 1. The number of hydrogen-bond donors (Lipinski definition) is 2. The predicted octanol–water partition coefficient (Wildman–Crippen LogP) is 2.31. The van der Waals surface area contributed by atoms with Gasteiger partial charge in [0.25, 0.3) is 5.91 Å². The summed E-state index contributed by atoms with van der Waals surface area (Å²) in [5.41, 5.74) is 2.17. The lowest BCUT2D eigenvalue weighted by Gasteiger charge is -2.11. The smallest absolute Gasteiger partial charge is 0.270 e. The van der Waals surface area contributed by atoms with Crippen LogP contribution in [0.1, 0.15) is 22.5 Å². The summed E-state index contributed by atoms with van der Waals surface area (Å²) in [6, 6.07) is 10.8. The average molecular weight is 394 g/mol. The molecule has 2 heterocycles. The first-order valence-corrected chi connectivity index (χ1v) is 10.6. The topological polar surface area (TPSA) is 88.2 Å². The molecule has 1 fully saturated rings. The van der Waals surface area contributed by atoms with Gasteiger partial charge < -0.3 is 10.6 Å². The zero-order valence-electron chi connectivity index (χ0n) is 14.1. The Morgan fingerprint density at radius 2 is 2.12 bits per heavy atom. The monoisotopic (exact) mass is 393 g/mol. The fourth-order valence-electron chi connectivity index (χ4n) is 2.88. The van der Waals surface area contributed by atoms with Crippen LogP contribution in [0, 0.1) is 0 Å². The van der Waals surface area contributed by atoms with Crippen molar-refractivity contribution in [3.05, 3.63) is 58.9 Å². The molecular formula is C18H20ClN3O3S. The van der Waals surface area contributed by atoms with Gasteiger partial charge in [-0.05, 0) is 42.7 Å². The van der Waals surface area contributed by atoms with Crippen LogP contribution in [0.25, 0.3) is 0 Å². The van der Waals surface area contributed by atoms with Crippen LogP contribution in [0.2, 0.25) is 5.02 Å². The molecule has 0 aliphatic carbocycles. The largest absolute Gasteiger partial charge is 0.385 e. The van der Waals surface area contributed by atoms with Crippen LogP contribution >= 0.6 is 11.6 Å². The lowest BCUT2D eigenvalue weighted by molar-refractivity contribution is 0.0936. The van der Waals surface area contributed by atoms with Crippen LogP contribution in [0.4, 0.5) is 5.69 Å². The quantitative estimate of drug-likeness (QED) is 0.786. The Morgan fingerprint density at radius 3 is 2.85 bits per heavy atom. The SMILES string of the molecule is O=C(NC1CCS(=O)(=O)C1)c1cc(NCCc2cccc(Cl)c2)ccn1. The number of nitrogens with zero attached hydrogens (tertiary/aromatic N) is 1. The molecule has 3 rings (SSSR count). The molecule has 1 saturated heterocycles. The number of pyridine rings is 1. The number of amides is 1. The van der Waals surface area contributed by atoms with E-state index in [4.69, 9.17) is 11.6 Å². The Morgan fingerprint density at radius 1 is 1.27 bits per heavy atom. The van der Waals surface area contributed by atoms with Gasteiger partial charge in [-0.25, -0.2) is 8.42 Å². The van der Waals surface area contributed by atoms with Crippen LogP contribution in [-0.4, -0.2) is 43.4 Å². The number of rotatable bonds is 6. The van der Waals surface area contributed by atoms with E-state index >= 15 is 0 Å². The standard InChI is InChI=1S/C18H20ClN3O3S/c19-14-3-1-2-13(10-14)4-7-20-15-5-8-21-17(11-15)18(23)22-16-6-9-26(24,25)12-16/h1-3,5,8,10-11,16H,4,6-7,9,12H2,(H,20,21)(H,22,23). The summed E-state index contributed by atoms with van der Waals surface area (Å²) >= 11 is 5.97. The van der Waals surface area contributed by atoms with Crippen molar-refractivity contribution in [2.24, 2.45) is 0 Å². The van der Waals surface area contributed by atoms with Crippen molar-refractivity contribution < 1.29 is 13.2 Å². The molecule has 1 aromatic carbocycles. The third-order valence-corrected chi connectivity index (χ3v) is 6.20. The van der Waals surface area contributed by atoms with E-state index in [2.05, 4.69) is 15.6 Å². The predicted molar refractivity (Wildman–Crippen MR) is 102 cm³/mol. The maximum Gasteiger partial charge on any atom is 0.270 e. The minimum absolute atomic E-state index is 0.00365. The summed E-state index contributed by atoms with van der Waals surface area (Å²) < 4.78 is 23.0. The number of aromatic nitrogens is 1. The fourth-order valence-corrected chi connectivity index (χ4v) is 4.76. The number of hydrogen-bond acceptors (Lipinski definition) is 5. The summed E-state index contributed by atoms with van der Waals surface area (Å²) in [5.74, 6) is -0.238.